The second-order valence-electron chi connectivity index (χ2n) is 7.94. The summed E-state index contributed by atoms with van der Waals surface area (Å²) in [7, 11) is 0. The van der Waals surface area contributed by atoms with Gasteiger partial charge in [-0.25, -0.2) is 0 Å². The van der Waals surface area contributed by atoms with E-state index in [2.05, 4.69) is 11.4 Å². The first-order chi connectivity index (χ1) is 17.0. The highest BCUT2D eigenvalue weighted by Crippen LogP contribution is 2.37. The molecule has 9 heteroatoms. The third-order valence-corrected chi connectivity index (χ3v) is 6.80. The van der Waals surface area contributed by atoms with Gasteiger partial charge in [-0.2, -0.15) is 10.5 Å². The summed E-state index contributed by atoms with van der Waals surface area (Å²) < 4.78 is 5.76. The minimum absolute atomic E-state index is 0.00722. The van der Waals surface area contributed by atoms with Crippen LogP contribution >= 0.6 is 11.3 Å². The molecule has 174 valence electrons. The number of ether oxygens (including phenoxy) is 1. The molecule has 0 unspecified atom stereocenters. The van der Waals surface area contributed by atoms with Crippen molar-refractivity contribution in [3.63, 3.8) is 0 Å². The molecule has 0 aliphatic heterocycles. The van der Waals surface area contributed by atoms with Crippen molar-refractivity contribution in [1.82, 2.24) is 0 Å². The molecule has 1 aliphatic carbocycles. The van der Waals surface area contributed by atoms with Gasteiger partial charge < -0.3 is 10.1 Å². The fraction of sp³-hybridized carbons (Fsp3) is 0.192. The summed E-state index contributed by atoms with van der Waals surface area (Å²) in [5.41, 5.74) is 2.79. The predicted octanol–water partition coefficient (Wildman–Crippen LogP) is 5.53. The van der Waals surface area contributed by atoms with Crippen molar-refractivity contribution in [2.75, 3.05) is 5.32 Å². The number of nitriles is 2. The van der Waals surface area contributed by atoms with E-state index in [-0.39, 0.29) is 17.9 Å². The van der Waals surface area contributed by atoms with Gasteiger partial charge >= 0.3 is 0 Å². The largest absolute Gasteiger partial charge is 0.489 e. The maximum atomic E-state index is 12.8. The minimum Gasteiger partial charge on any atom is -0.489 e. The molecule has 0 fully saturated rings. The first-order valence-corrected chi connectivity index (χ1v) is 11.7. The van der Waals surface area contributed by atoms with Crippen molar-refractivity contribution in [3.8, 4) is 17.9 Å². The topological polar surface area (TPSA) is 129 Å². The van der Waals surface area contributed by atoms with E-state index in [1.807, 2.05) is 6.07 Å². The first kappa shape index (κ1) is 23.7. The van der Waals surface area contributed by atoms with Crippen LogP contribution in [0.3, 0.4) is 0 Å². The molecule has 0 radical (unpaired) electrons. The fourth-order valence-corrected chi connectivity index (χ4v) is 5.07. The molecule has 1 aromatic heterocycles. The normalized spacial score (nSPS) is 12.7. The molecule has 0 atom stereocenters. The number of nitrogens with one attached hydrogen (secondary N) is 1. The average Bonchev–Trinajstić information content (AvgIpc) is 3.23. The fourth-order valence-electron chi connectivity index (χ4n) is 3.83. The monoisotopic (exact) mass is 484 g/mol. The zero-order valence-corrected chi connectivity index (χ0v) is 19.4. The standard InChI is InChI=1S/C26H20N4O4S/c27-14-19(25(31)29-26-23(15-28)22-6-1-2-7-24(22)35-26)12-18-4-3-5-21(13-18)34-16-17-8-10-20(11-9-17)30(32)33/h3-5,8-13H,1-2,6-7,16H2,(H,29,31)/b19-12+. The summed E-state index contributed by atoms with van der Waals surface area (Å²) >= 11 is 1.41. The van der Waals surface area contributed by atoms with Crippen molar-refractivity contribution in [3.05, 3.63) is 91.3 Å². The van der Waals surface area contributed by atoms with Gasteiger partial charge in [0.1, 0.15) is 35.1 Å². The Morgan fingerprint density at radius 2 is 1.94 bits per heavy atom. The smallest absolute Gasteiger partial charge is 0.269 e. The van der Waals surface area contributed by atoms with Crippen LogP contribution in [0.15, 0.2) is 54.1 Å². The number of carbonyl (C=O) groups excluding carboxylic acids is 1. The number of non-ortho nitro benzene ring substituents is 1. The summed E-state index contributed by atoms with van der Waals surface area (Å²) in [5.74, 6) is -0.0488. The Hall–Kier alpha value is -4.47. The van der Waals surface area contributed by atoms with Crippen LogP contribution in [-0.2, 0) is 24.2 Å². The maximum Gasteiger partial charge on any atom is 0.269 e. The van der Waals surface area contributed by atoms with E-state index in [4.69, 9.17) is 4.74 Å². The quantitative estimate of drug-likeness (QED) is 0.203. The Bertz CT molecular complexity index is 1390. The van der Waals surface area contributed by atoms with Gasteiger partial charge in [-0.3, -0.25) is 14.9 Å². The number of rotatable bonds is 7. The predicted molar refractivity (Wildman–Crippen MR) is 132 cm³/mol. The van der Waals surface area contributed by atoms with Crippen molar-refractivity contribution >= 4 is 34.0 Å². The lowest BCUT2D eigenvalue weighted by Crippen LogP contribution is -2.13. The molecular formula is C26H20N4O4S. The molecule has 1 amide bonds. The first-order valence-electron chi connectivity index (χ1n) is 10.9. The van der Waals surface area contributed by atoms with E-state index in [9.17, 15) is 25.4 Å². The average molecular weight is 485 g/mol. The van der Waals surface area contributed by atoms with Crippen LogP contribution in [0.25, 0.3) is 6.08 Å². The van der Waals surface area contributed by atoms with Gasteiger partial charge in [0.05, 0.1) is 10.5 Å². The summed E-state index contributed by atoms with van der Waals surface area (Å²) in [4.78, 5) is 24.3. The zero-order chi connectivity index (χ0) is 24.8. The molecule has 2 aromatic carbocycles. The third-order valence-electron chi connectivity index (χ3n) is 5.60. The maximum absolute atomic E-state index is 12.8. The Labute approximate surface area is 205 Å². The molecule has 1 heterocycles. The van der Waals surface area contributed by atoms with E-state index in [0.717, 1.165) is 41.7 Å². The second-order valence-corrected chi connectivity index (χ2v) is 9.04. The van der Waals surface area contributed by atoms with Crippen molar-refractivity contribution in [2.24, 2.45) is 0 Å². The molecule has 0 bridgehead atoms. The Kier molecular flexibility index (Phi) is 7.20. The lowest BCUT2D eigenvalue weighted by molar-refractivity contribution is -0.384. The van der Waals surface area contributed by atoms with Gasteiger partial charge in [0.15, 0.2) is 0 Å². The summed E-state index contributed by atoms with van der Waals surface area (Å²) in [6, 6.07) is 17.1. The highest BCUT2D eigenvalue weighted by atomic mass is 32.1. The lowest BCUT2D eigenvalue weighted by atomic mass is 9.96. The molecule has 4 rings (SSSR count). The van der Waals surface area contributed by atoms with Gasteiger partial charge in [-0.1, -0.05) is 12.1 Å². The Morgan fingerprint density at radius 1 is 1.17 bits per heavy atom. The number of fused-ring (bicyclic) bond motifs is 1. The molecule has 1 aliphatic rings. The van der Waals surface area contributed by atoms with E-state index >= 15 is 0 Å². The van der Waals surface area contributed by atoms with Gasteiger partial charge in [0, 0.05) is 17.0 Å². The number of nitro groups is 1. The lowest BCUT2D eigenvalue weighted by Gasteiger charge is -2.09. The molecule has 0 spiro atoms. The van der Waals surface area contributed by atoms with Gasteiger partial charge in [-0.15, -0.1) is 11.3 Å². The van der Waals surface area contributed by atoms with Crippen LogP contribution in [0.5, 0.6) is 5.75 Å². The molecular weight excluding hydrogens is 464 g/mol. The van der Waals surface area contributed by atoms with E-state index < -0.39 is 10.8 Å². The molecule has 0 saturated carbocycles. The highest BCUT2D eigenvalue weighted by Gasteiger charge is 2.22. The minimum atomic E-state index is -0.570. The Balaban J connectivity index is 1.46. The van der Waals surface area contributed by atoms with Crippen molar-refractivity contribution in [1.29, 1.82) is 10.5 Å². The van der Waals surface area contributed by atoms with Gasteiger partial charge in [0.25, 0.3) is 11.6 Å². The molecule has 3 aromatic rings. The van der Waals surface area contributed by atoms with Crippen LogP contribution < -0.4 is 10.1 Å². The number of aryl methyl sites for hydroxylation is 1. The highest BCUT2D eigenvalue weighted by molar-refractivity contribution is 7.16. The Morgan fingerprint density at radius 3 is 2.66 bits per heavy atom. The number of anilines is 1. The number of hydrogen-bond acceptors (Lipinski definition) is 7. The van der Waals surface area contributed by atoms with E-state index in [0.29, 0.717) is 21.9 Å². The third kappa shape index (κ3) is 5.55. The SMILES string of the molecule is N#C/C(=C\c1cccc(OCc2ccc([N+](=O)[O-])cc2)c1)C(=O)Nc1sc2c(c1C#N)CCCC2. The van der Waals surface area contributed by atoms with Crippen LogP contribution in [0.2, 0.25) is 0 Å². The number of benzene rings is 2. The summed E-state index contributed by atoms with van der Waals surface area (Å²) in [6.07, 6.45) is 5.29. The molecule has 8 nitrogen and oxygen atoms in total. The number of nitro benzene ring substituents is 1. The van der Waals surface area contributed by atoms with Crippen molar-refractivity contribution < 1.29 is 14.5 Å². The number of thiophene rings is 1. The number of hydrogen-bond donors (Lipinski definition) is 1. The molecule has 35 heavy (non-hydrogen) atoms. The zero-order valence-electron chi connectivity index (χ0n) is 18.6. The molecule has 0 saturated heterocycles. The molecule has 1 N–H and O–H groups in total. The van der Waals surface area contributed by atoms with E-state index in [1.165, 1.54) is 29.5 Å². The van der Waals surface area contributed by atoms with Crippen molar-refractivity contribution in [2.45, 2.75) is 32.3 Å². The number of carbonyl (C=O) groups is 1. The van der Waals surface area contributed by atoms with Crippen LogP contribution in [0, 0.1) is 32.8 Å². The second kappa shape index (κ2) is 10.6. The van der Waals surface area contributed by atoms with Crippen LogP contribution in [0.4, 0.5) is 10.7 Å². The van der Waals surface area contributed by atoms with Crippen LogP contribution in [0.1, 0.15) is 40.0 Å². The number of nitrogens with zero attached hydrogens (tertiary/aromatic N) is 3. The van der Waals surface area contributed by atoms with Gasteiger partial charge in [0.2, 0.25) is 0 Å². The van der Waals surface area contributed by atoms with Crippen LogP contribution in [-0.4, -0.2) is 10.8 Å². The number of amides is 1. The summed E-state index contributed by atoms with van der Waals surface area (Å²) in [5, 5.41) is 33.2. The van der Waals surface area contributed by atoms with E-state index in [1.54, 1.807) is 36.4 Å². The van der Waals surface area contributed by atoms with Gasteiger partial charge in [-0.05, 0) is 72.7 Å². The summed E-state index contributed by atoms with van der Waals surface area (Å²) in [6.45, 7) is 0.205.